The zero-order valence-electron chi connectivity index (χ0n) is 15.8. The lowest BCUT2D eigenvalue weighted by Crippen LogP contribution is -2.31. The number of nitrogens with zero attached hydrogens (tertiary/aromatic N) is 3. The van der Waals surface area contributed by atoms with Gasteiger partial charge < -0.3 is 9.64 Å². The summed E-state index contributed by atoms with van der Waals surface area (Å²) < 4.78 is 7.50. The zero-order valence-corrected chi connectivity index (χ0v) is 15.8. The molecular weight excluding hydrogens is 302 g/mol. The molecule has 24 heavy (non-hydrogen) atoms. The van der Waals surface area contributed by atoms with Crippen LogP contribution in [0.5, 0.6) is 5.75 Å². The Hall–Kier alpha value is -2.30. The van der Waals surface area contributed by atoms with Gasteiger partial charge in [-0.2, -0.15) is 5.10 Å². The van der Waals surface area contributed by atoms with Crippen LogP contribution in [0.4, 0.5) is 5.69 Å². The van der Waals surface area contributed by atoms with Crippen molar-refractivity contribution < 1.29 is 9.53 Å². The number of aromatic nitrogens is 2. The SMILES string of the molecule is CC.CC.Cc1cnn(-c2ccc3c(c2)N(C)C(=O)C(C)CO3)c1. The molecule has 0 spiro atoms. The molecule has 0 fully saturated rings. The van der Waals surface area contributed by atoms with Crippen LogP contribution < -0.4 is 9.64 Å². The van der Waals surface area contributed by atoms with Gasteiger partial charge >= 0.3 is 0 Å². The van der Waals surface area contributed by atoms with Gasteiger partial charge in [-0.3, -0.25) is 4.79 Å². The fourth-order valence-corrected chi connectivity index (χ4v) is 2.32. The molecule has 0 saturated carbocycles. The van der Waals surface area contributed by atoms with Crippen molar-refractivity contribution in [3.63, 3.8) is 0 Å². The van der Waals surface area contributed by atoms with Crippen molar-refractivity contribution in [2.24, 2.45) is 5.92 Å². The van der Waals surface area contributed by atoms with E-state index in [1.165, 1.54) is 0 Å². The molecule has 1 aliphatic heterocycles. The van der Waals surface area contributed by atoms with Crippen LogP contribution in [0.15, 0.2) is 30.6 Å². The van der Waals surface area contributed by atoms with Crippen molar-refractivity contribution in [3.8, 4) is 11.4 Å². The van der Waals surface area contributed by atoms with Crippen molar-refractivity contribution in [1.82, 2.24) is 9.78 Å². The Morgan fingerprint density at radius 1 is 1.21 bits per heavy atom. The number of anilines is 1. The lowest BCUT2D eigenvalue weighted by atomic mass is 10.1. The summed E-state index contributed by atoms with van der Waals surface area (Å²) >= 11 is 0. The fraction of sp³-hybridized carbons (Fsp3) is 0.474. The second-order valence-corrected chi connectivity index (χ2v) is 5.22. The number of amides is 1. The van der Waals surface area contributed by atoms with Gasteiger partial charge in [-0.15, -0.1) is 0 Å². The van der Waals surface area contributed by atoms with Gasteiger partial charge in [-0.1, -0.05) is 34.6 Å². The molecule has 0 saturated heterocycles. The van der Waals surface area contributed by atoms with E-state index in [9.17, 15) is 4.79 Å². The van der Waals surface area contributed by atoms with Gasteiger partial charge in [0.05, 0.1) is 30.1 Å². The second kappa shape index (κ2) is 9.11. The van der Waals surface area contributed by atoms with Crippen LogP contribution in [-0.2, 0) is 4.79 Å². The average molecular weight is 331 g/mol. The normalized spacial score (nSPS) is 15.9. The molecule has 1 aromatic carbocycles. The Morgan fingerprint density at radius 3 is 2.46 bits per heavy atom. The Kier molecular flexibility index (Phi) is 7.49. The Labute approximate surface area is 145 Å². The first kappa shape index (κ1) is 19.7. The summed E-state index contributed by atoms with van der Waals surface area (Å²) in [5.41, 5.74) is 2.79. The van der Waals surface area contributed by atoms with E-state index in [4.69, 9.17) is 4.74 Å². The third kappa shape index (κ3) is 4.16. The molecule has 132 valence electrons. The van der Waals surface area contributed by atoms with E-state index in [-0.39, 0.29) is 11.8 Å². The highest BCUT2D eigenvalue weighted by Crippen LogP contribution is 2.33. The smallest absolute Gasteiger partial charge is 0.233 e. The molecule has 0 bridgehead atoms. The van der Waals surface area contributed by atoms with E-state index < -0.39 is 0 Å². The molecule has 2 aromatic rings. The Morgan fingerprint density at radius 2 is 1.88 bits per heavy atom. The Balaban J connectivity index is 0.000000671. The molecule has 5 heteroatoms. The summed E-state index contributed by atoms with van der Waals surface area (Å²) in [4.78, 5) is 13.8. The summed E-state index contributed by atoms with van der Waals surface area (Å²) in [7, 11) is 1.78. The number of hydrogen-bond acceptors (Lipinski definition) is 3. The number of carbonyl (C=O) groups is 1. The van der Waals surface area contributed by atoms with E-state index >= 15 is 0 Å². The van der Waals surface area contributed by atoms with Crippen LogP contribution >= 0.6 is 0 Å². The Bertz CT molecular complexity index is 664. The maximum Gasteiger partial charge on any atom is 0.233 e. The summed E-state index contributed by atoms with van der Waals surface area (Å²) in [6.45, 7) is 12.3. The zero-order chi connectivity index (χ0) is 18.3. The van der Waals surface area contributed by atoms with E-state index in [1.807, 2.05) is 65.9 Å². The fourth-order valence-electron chi connectivity index (χ4n) is 2.32. The first-order valence-electron chi connectivity index (χ1n) is 8.62. The molecule has 2 heterocycles. The van der Waals surface area contributed by atoms with Crippen LogP contribution in [0.2, 0.25) is 0 Å². The second-order valence-electron chi connectivity index (χ2n) is 5.22. The van der Waals surface area contributed by atoms with Crippen molar-refractivity contribution in [2.75, 3.05) is 18.6 Å². The molecule has 5 nitrogen and oxygen atoms in total. The summed E-state index contributed by atoms with van der Waals surface area (Å²) in [6, 6.07) is 5.76. The largest absolute Gasteiger partial charge is 0.491 e. The lowest BCUT2D eigenvalue weighted by molar-refractivity contribution is -0.122. The molecular formula is C19H29N3O2. The van der Waals surface area contributed by atoms with Gasteiger partial charge in [0.25, 0.3) is 0 Å². The highest BCUT2D eigenvalue weighted by atomic mass is 16.5. The molecule has 1 unspecified atom stereocenters. The number of ether oxygens (including phenoxy) is 1. The van der Waals surface area contributed by atoms with Gasteiger partial charge in [0.1, 0.15) is 5.75 Å². The highest BCUT2D eigenvalue weighted by molar-refractivity contribution is 5.96. The predicted molar refractivity (Wildman–Crippen MR) is 99.1 cm³/mol. The number of hydrogen-bond donors (Lipinski definition) is 0. The first-order chi connectivity index (χ1) is 11.6. The number of fused-ring (bicyclic) bond motifs is 1. The monoisotopic (exact) mass is 331 g/mol. The minimum Gasteiger partial charge on any atom is -0.491 e. The van der Waals surface area contributed by atoms with Crippen molar-refractivity contribution in [1.29, 1.82) is 0 Å². The van der Waals surface area contributed by atoms with Gasteiger partial charge in [0.2, 0.25) is 5.91 Å². The molecule has 1 aromatic heterocycles. The maximum absolute atomic E-state index is 12.2. The van der Waals surface area contributed by atoms with Crippen molar-refractivity contribution in [3.05, 3.63) is 36.2 Å². The number of carbonyl (C=O) groups excluding carboxylic acids is 1. The van der Waals surface area contributed by atoms with Gasteiger partial charge in [0, 0.05) is 13.2 Å². The molecule has 0 aliphatic carbocycles. The highest BCUT2D eigenvalue weighted by Gasteiger charge is 2.26. The number of rotatable bonds is 1. The molecule has 1 amide bonds. The lowest BCUT2D eigenvalue weighted by Gasteiger charge is -2.18. The summed E-state index contributed by atoms with van der Waals surface area (Å²) in [5, 5.41) is 4.29. The molecule has 1 atom stereocenters. The standard InChI is InChI=1S/C15H17N3O2.2C2H6/c1-10-7-16-18(8-10)12-4-5-14-13(6-12)17(3)15(19)11(2)9-20-14;2*1-2/h4-8,11H,9H2,1-3H3;2*1-2H3. The van der Waals surface area contributed by atoms with Gasteiger partial charge in [-0.05, 0) is 30.7 Å². The topological polar surface area (TPSA) is 47.4 Å². The van der Waals surface area contributed by atoms with E-state index in [2.05, 4.69) is 5.10 Å². The average Bonchev–Trinajstić information content (AvgIpc) is 3.04. The third-order valence-corrected chi connectivity index (χ3v) is 3.52. The quantitative estimate of drug-likeness (QED) is 0.786. The van der Waals surface area contributed by atoms with Crippen LogP contribution in [0.1, 0.15) is 40.2 Å². The first-order valence-corrected chi connectivity index (χ1v) is 8.62. The minimum atomic E-state index is -0.136. The summed E-state index contributed by atoms with van der Waals surface area (Å²) in [6.07, 6.45) is 3.75. The van der Waals surface area contributed by atoms with E-state index in [0.29, 0.717) is 6.61 Å². The number of benzene rings is 1. The van der Waals surface area contributed by atoms with Crippen molar-refractivity contribution >= 4 is 11.6 Å². The van der Waals surface area contributed by atoms with Crippen molar-refractivity contribution in [2.45, 2.75) is 41.5 Å². The van der Waals surface area contributed by atoms with Crippen LogP contribution in [0.3, 0.4) is 0 Å². The maximum atomic E-state index is 12.2. The minimum absolute atomic E-state index is 0.0672. The molecule has 1 aliphatic rings. The molecule has 0 N–H and O–H groups in total. The van der Waals surface area contributed by atoms with Gasteiger partial charge in [0.15, 0.2) is 0 Å². The van der Waals surface area contributed by atoms with E-state index in [0.717, 1.165) is 22.7 Å². The van der Waals surface area contributed by atoms with Crippen LogP contribution in [0, 0.1) is 12.8 Å². The predicted octanol–water partition coefficient (Wildman–Crippen LogP) is 4.22. The number of aryl methyl sites for hydroxylation is 1. The third-order valence-electron chi connectivity index (χ3n) is 3.52. The van der Waals surface area contributed by atoms with E-state index in [1.54, 1.807) is 22.8 Å². The molecule has 3 rings (SSSR count). The summed E-state index contributed by atoms with van der Waals surface area (Å²) in [5.74, 6) is 0.665. The molecule has 0 radical (unpaired) electrons. The van der Waals surface area contributed by atoms with Crippen LogP contribution in [0.25, 0.3) is 5.69 Å². The van der Waals surface area contributed by atoms with Crippen LogP contribution in [-0.4, -0.2) is 29.3 Å². The van der Waals surface area contributed by atoms with Gasteiger partial charge in [-0.25, -0.2) is 4.68 Å².